The monoisotopic (exact) mass is 417 g/mol. The first kappa shape index (κ1) is 20.3. The van der Waals surface area contributed by atoms with Crippen molar-refractivity contribution in [3.63, 3.8) is 0 Å². The van der Waals surface area contributed by atoms with Gasteiger partial charge in [0.1, 0.15) is 23.0 Å². The summed E-state index contributed by atoms with van der Waals surface area (Å²) in [6.45, 7) is 3.65. The Morgan fingerprint density at radius 1 is 1.24 bits per heavy atom. The molecule has 1 heterocycles. The lowest BCUT2D eigenvalue weighted by Crippen LogP contribution is -2.09. The van der Waals surface area contributed by atoms with Crippen LogP contribution in [0.15, 0.2) is 45.6 Å². The number of ether oxygens (including phenoxy) is 2. The molecule has 0 amide bonds. The van der Waals surface area contributed by atoms with E-state index in [9.17, 15) is 19.7 Å². The van der Waals surface area contributed by atoms with Gasteiger partial charge in [0.15, 0.2) is 0 Å². The molecule has 3 rings (SSSR count). The molecule has 0 fully saturated rings. The Kier molecular flexibility index (Phi) is 5.84. The topological polar surface area (TPSA) is 109 Å². The number of nitro benzene ring substituents is 1. The molecule has 0 aliphatic heterocycles. The van der Waals surface area contributed by atoms with E-state index < -0.39 is 22.2 Å². The molecule has 0 N–H and O–H groups in total. The second kappa shape index (κ2) is 8.32. The van der Waals surface area contributed by atoms with Gasteiger partial charge in [0.25, 0.3) is 5.69 Å². The van der Waals surface area contributed by atoms with Crippen LogP contribution in [0.4, 0.5) is 5.69 Å². The lowest BCUT2D eigenvalue weighted by atomic mass is 10.1. The summed E-state index contributed by atoms with van der Waals surface area (Å²) in [5, 5.41) is 11.6. The normalized spacial score (nSPS) is 10.7. The Hall–Kier alpha value is -3.39. The fourth-order valence-electron chi connectivity index (χ4n) is 2.85. The van der Waals surface area contributed by atoms with Crippen LogP contribution >= 0.6 is 11.6 Å². The molecule has 3 aromatic rings. The average Bonchev–Trinajstić information content (AvgIpc) is 2.67. The number of hydrogen-bond donors (Lipinski definition) is 0. The molecule has 0 unspecified atom stereocenters. The van der Waals surface area contributed by atoms with Crippen LogP contribution in [0.3, 0.4) is 0 Å². The van der Waals surface area contributed by atoms with Crippen LogP contribution in [-0.4, -0.2) is 17.5 Å². The number of rotatable bonds is 6. The van der Waals surface area contributed by atoms with Crippen LogP contribution in [0.5, 0.6) is 5.75 Å². The summed E-state index contributed by atoms with van der Waals surface area (Å²) in [6, 6.07) is 8.45. The van der Waals surface area contributed by atoms with Gasteiger partial charge in [-0.2, -0.15) is 0 Å². The van der Waals surface area contributed by atoms with Gasteiger partial charge in [0.05, 0.1) is 22.7 Å². The highest BCUT2D eigenvalue weighted by Gasteiger charge is 2.19. The highest BCUT2D eigenvalue weighted by Crippen LogP contribution is 2.30. The second-order valence-corrected chi connectivity index (χ2v) is 6.51. The highest BCUT2D eigenvalue weighted by atomic mass is 35.5. The van der Waals surface area contributed by atoms with Gasteiger partial charge in [-0.05, 0) is 43.7 Å². The Labute approximate surface area is 169 Å². The minimum Gasteiger partial charge on any atom is -0.493 e. The van der Waals surface area contributed by atoms with Crippen molar-refractivity contribution in [3.05, 3.63) is 78.6 Å². The zero-order valence-corrected chi connectivity index (χ0v) is 16.3. The molecule has 9 heteroatoms. The molecular formula is C20H16ClNO7. The highest BCUT2D eigenvalue weighted by molar-refractivity contribution is 6.32. The first-order valence-electron chi connectivity index (χ1n) is 8.62. The predicted octanol–water partition coefficient (Wildman–Crippen LogP) is 4.42. The zero-order valence-electron chi connectivity index (χ0n) is 15.6. The molecule has 0 spiro atoms. The molecule has 0 atom stereocenters. The quantitative estimate of drug-likeness (QED) is 0.253. The smallest absolute Gasteiger partial charge is 0.338 e. The Morgan fingerprint density at radius 2 is 2.00 bits per heavy atom. The molecule has 8 nitrogen and oxygen atoms in total. The molecule has 150 valence electrons. The van der Waals surface area contributed by atoms with E-state index in [1.807, 2.05) is 0 Å². The third kappa shape index (κ3) is 4.22. The van der Waals surface area contributed by atoms with E-state index in [0.29, 0.717) is 28.9 Å². The molecule has 0 bridgehead atoms. The first-order valence-corrected chi connectivity index (χ1v) is 8.99. The molecule has 1 aromatic heterocycles. The lowest BCUT2D eigenvalue weighted by molar-refractivity contribution is -0.384. The minimum absolute atomic E-state index is 0.0306. The number of carbonyl (C=O) groups excluding carboxylic acids is 1. The maximum Gasteiger partial charge on any atom is 0.338 e. The molecule has 0 saturated heterocycles. The fraction of sp³-hybridized carbons (Fsp3) is 0.200. The van der Waals surface area contributed by atoms with Crippen molar-refractivity contribution >= 4 is 34.2 Å². The van der Waals surface area contributed by atoms with Crippen LogP contribution in [0, 0.1) is 17.0 Å². The first-order chi connectivity index (χ1) is 13.8. The van der Waals surface area contributed by atoms with E-state index in [1.54, 1.807) is 26.0 Å². The third-order valence-corrected chi connectivity index (χ3v) is 4.52. The van der Waals surface area contributed by atoms with Crippen molar-refractivity contribution < 1.29 is 23.6 Å². The number of carbonyl (C=O) groups is 1. The summed E-state index contributed by atoms with van der Waals surface area (Å²) in [7, 11) is 0. The van der Waals surface area contributed by atoms with Crippen LogP contribution < -0.4 is 10.4 Å². The van der Waals surface area contributed by atoms with Crippen molar-refractivity contribution in [2.24, 2.45) is 0 Å². The van der Waals surface area contributed by atoms with E-state index >= 15 is 0 Å². The van der Waals surface area contributed by atoms with Crippen LogP contribution in [0.1, 0.15) is 28.4 Å². The zero-order chi connectivity index (χ0) is 21.1. The van der Waals surface area contributed by atoms with Crippen molar-refractivity contribution in [2.75, 3.05) is 6.61 Å². The number of esters is 1. The summed E-state index contributed by atoms with van der Waals surface area (Å²) < 4.78 is 16.2. The predicted molar refractivity (Wildman–Crippen MR) is 106 cm³/mol. The van der Waals surface area contributed by atoms with Crippen molar-refractivity contribution in [2.45, 2.75) is 20.5 Å². The van der Waals surface area contributed by atoms with E-state index in [4.69, 9.17) is 25.5 Å². The number of nitrogens with zero attached hydrogens (tertiary/aromatic N) is 1. The van der Waals surface area contributed by atoms with E-state index in [2.05, 4.69) is 0 Å². The van der Waals surface area contributed by atoms with Gasteiger partial charge in [0, 0.05) is 17.5 Å². The van der Waals surface area contributed by atoms with Gasteiger partial charge in [-0.25, -0.2) is 9.59 Å². The standard InChI is InChI=1S/C20H16ClNO7/c1-3-27-17-7-5-13-11(2)8-18(23)29-19(13)14(17)10-28-20(24)12-4-6-15(21)16(9-12)22(25)26/h4-9H,3,10H2,1-2H3. The van der Waals surface area contributed by atoms with Crippen LogP contribution in [-0.2, 0) is 11.3 Å². The summed E-state index contributed by atoms with van der Waals surface area (Å²) in [4.78, 5) is 34.6. The molecular weight excluding hydrogens is 402 g/mol. The maximum atomic E-state index is 12.4. The number of hydrogen-bond acceptors (Lipinski definition) is 7. The van der Waals surface area contributed by atoms with Gasteiger partial charge in [-0.1, -0.05) is 11.6 Å². The molecule has 29 heavy (non-hydrogen) atoms. The minimum atomic E-state index is -0.792. The number of halogens is 1. The number of nitro groups is 1. The van der Waals surface area contributed by atoms with Crippen molar-refractivity contribution in [1.29, 1.82) is 0 Å². The number of benzene rings is 2. The second-order valence-electron chi connectivity index (χ2n) is 6.10. The van der Waals surface area contributed by atoms with E-state index in [0.717, 1.165) is 6.07 Å². The molecule has 0 aliphatic rings. The lowest BCUT2D eigenvalue weighted by Gasteiger charge is -2.13. The summed E-state index contributed by atoms with van der Waals surface area (Å²) in [5.41, 5.74) is 0.391. The van der Waals surface area contributed by atoms with Gasteiger partial charge in [0.2, 0.25) is 0 Å². The Bertz CT molecular complexity index is 1170. The van der Waals surface area contributed by atoms with Crippen LogP contribution in [0.25, 0.3) is 11.0 Å². The third-order valence-electron chi connectivity index (χ3n) is 4.21. The molecule has 0 saturated carbocycles. The average molecular weight is 418 g/mol. The van der Waals surface area contributed by atoms with Gasteiger partial charge >= 0.3 is 11.6 Å². The summed E-state index contributed by atoms with van der Waals surface area (Å²) >= 11 is 5.77. The van der Waals surface area contributed by atoms with Gasteiger partial charge < -0.3 is 13.9 Å². The SMILES string of the molecule is CCOc1ccc2c(C)cc(=O)oc2c1COC(=O)c1ccc(Cl)c([N+](=O)[O-])c1. The van der Waals surface area contributed by atoms with E-state index in [1.165, 1.54) is 18.2 Å². The van der Waals surface area contributed by atoms with Crippen LogP contribution in [0.2, 0.25) is 5.02 Å². The van der Waals surface area contributed by atoms with Gasteiger partial charge in [-0.3, -0.25) is 10.1 Å². The number of fused-ring (bicyclic) bond motifs is 1. The maximum absolute atomic E-state index is 12.4. The fourth-order valence-corrected chi connectivity index (χ4v) is 3.04. The summed E-state index contributed by atoms with van der Waals surface area (Å²) in [5.74, 6) is -0.386. The van der Waals surface area contributed by atoms with E-state index in [-0.39, 0.29) is 22.8 Å². The van der Waals surface area contributed by atoms with Crippen molar-refractivity contribution in [3.8, 4) is 5.75 Å². The summed E-state index contributed by atoms with van der Waals surface area (Å²) in [6.07, 6.45) is 0. The van der Waals surface area contributed by atoms with Crippen molar-refractivity contribution in [1.82, 2.24) is 0 Å². The molecule has 0 aliphatic carbocycles. The Morgan fingerprint density at radius 3 is 2.69 bits per heavy atom. The number of aryl methyl sites for hydroxylation is 1. The Balaban J connectivity index is 1.96. The molecule has 0 radical (unpaired) electrons. The van der Waals surface area contributed by atoms with Gasteiger partial charge in [-0.15, -0.1) is 0 Å². The molecule has 2 aromatic carbocycles. The largest absolute Gasteiger partial charge is 0.493 e.